The van der Waals surface area contributed by atoms with Crippen LogP contribution in [0.25, 0.3) is 0 Å². The van der Waals surface area contributed by atoms with Crippen molar-refractivity contribution in [1.82, 2.24) is 5.32 Å². The fourth-order valence-corrected chi connectivity index (χ4v) is 2.15. The van der Waals surface area contributed by atoms with Gasteiger partial charge in [-0.05, 0) is 12.5 Å². The van der Waals surface area contributed by atoms with Crippen molar-refractivity contribution in [2.75, 3.05) is 0 Å². The van der Waals surface area contributed by atoms with Gasteiger partial charge in [0.1, 0.15) is 6.04 Å². The molecule has 0 aromatic carbocycles. The van der Waals surface area contributed by atoms with Gasteiger partial charge < -0.3 is 10.4 Å². The summed E-state index contributed by atoms with van der Waals surface area (Å²) in [5, 5.41) is 11.4. The maximum atomic E-state index is 11.1. The van der Waals surface area contributed by atoms with E-state index in [4.69, 9.17) is 5.11 Å². The average Bonchev–Trinajstić information content (AvgIpc) is 2.43. The number of hydrogen-bond donors (Lipinski definition) is 2. The lowest BCUT2D eigenvalue weighted by Gasteiger charge is -2.12. The highest BCUT2D eigenvalue weighted by molar-refractivity contribution is 5.90. The maximum Gasteiger partial charge on any atom is 0.326 e. The van der Waals surface area contributed by atoms with E-state index in [0.29, 0.717) is 6.42 Å². The second kappa shape index (κ2) is 12.7. The summed E-state index contributed by atoms with van der Waals surface area (Å²) in [4.78, 5) is 22.1. The first-order valence-electron chi connectivity index (χ1n) is 7.77. The standard InChI is InChI=1S/C16H29NO3/c1-3-5-6-7-8-9-10-11-12-13-14(16(19)20)17-15(18)4-2/h4,14H,2-3,5-13H2,1H3,(H,17,18)(H,19,20). The highest BCUT2D eigenvalue weighted by Crippen LogP contribution is 2.11. The molecule has 4 heteroatoms. The van der Waals surface area contributed by atoms with Gasteiger partial charge in [0, 0.05) is 0 Å². The first kappa shape index (κ1) is 18.7. The van der Waals surface area contributed by atoms with Crippen molar-refractivity contribution in [1.29, 1.82) is 0 Å². The van der Waals surface area contributed by atoms with E-state index in [1.165, 1.54) is 38.5 Å². The fourth-order valence-electron chi connectivity index (χ4n) is 2.15. The van der Waals surface area contributed by atoms with Crippen LogP contribution in [-0.2, 0) is 9.59 Å². The topological polar surface area (TPSA) is 66.4 Å². The smallest absolute Gasteiger partial charge is 0.326 e. The number of rotatable bonds is 13. The van der Waals surface area contributed by atoms with Gasteiger partial charge in [0.15, 0.2) is 0 Å². The van der Waals surface area contributed by atoms with Crippen LogP contribution in [0.5, 0.6) is 0 Å². The van der Waals surface area contributed by atoms with Crippen molar-refractivity contribution in [3.05, 3.63) is 12.7 Å². The van der Waals surface area contributed by atoms with E-state index in [9.17, 15) is 9.59 Å². The number of nitrogens with one attached hydrogen (secondary N) is 1. The quantitative estimate of drug-likeness (QED) is 0.400. The van der Waals surface area contributed by atoms with E-state index < -0.39 is 17.9 Å². The number of carboxylic acids is 1. The maximum absolute atomic E-state index is 11.1. The average molecular weight is 283 g/mol. The molecule has 2 N–H and O–H groups in total. The first-order valence-corrected chi connectivity index (χ1v) is 7.77. The molecule has 4 nitrogen and oxygen atoms in total. The molecule has 0 heterocycles. The van der Waals surface area contributed by atoms with Crippen LogP contribution < -0.4 is 5.32 Å². The molecule has 20 heavy (non-hydrogen) atoms. The molecule has 0 spiro atoms. The van der Waals surface area contributed by atoms with Crippen molar-refractivity contribution in [2.24, 2.45) is 0 Å². The Kier molecular flexibility index (Phi) is 11.9. The van der Waals surface area contributed by atoms with Gasteiger partial charge in [-0.15, -0.1) is 0 Å². The Balaban J connectivity index is 3.57. The summed E-state index contributed by atoms with van der Waals surface area (Å²) in [6, 6.07) is -0.787. The number of carbonyl (C=O) groups is 2. The van der Waals surface area contributed by atoms with E-state index >= 15 is 0 Å². The van der Waals surface area contributed by atoms with Crippen LogP contribution in [0.2, 0.25) is 0 Å². The minimum Gasteiger partial charge on any atom is -0.480 e. The summed E-state index contributed by atoms with van der Waals surface area (Å²) in [5.74, 6) is -1.40. The minimum atomic E-state index is -0.972. The Labute approximate surface area is 122 Å². The summed E-state index contributed by atoms with van der Waals surface area (Å²) < 4.78 is 0. The molecule has 1 unspecified atom stereocenters. The molecule has 0 aliphatic heterocycles. The Bertz CT molecular complexity index is 289. The van der Waals surface area contributed by atoms with Crippen LogP contribution in [0, 0.1) is 0 Å². The van der Waals surface area contributed by atoms with E-state index in [2.05, 4.69) is 18.8 Å². The molecule has 0 aromatic heterocycles. The lowest BCUT2D eigenvalue weighted by Crippen LogP contribution is -2.39. The zero-order chi connectivity index (χ0) is 15.2. The third kappa shape index (κ3) is 10.6. The Morgan fingerprint density at radius 1 is 1.05 bits per heavy atom. The van der Waals surface area contributed by atoms with Crippen LogP contribution in [-0.4, -0.2) is 23.0 Å². The molecule has 1 atom stereocenters. The van der Waals surface area contributed by atoms with Gasteiger partial charge in [0.25, 0.3) is 0 Å². The molecule has 116 valence electrons. The third-order valence-electron chi connectivity index (χ3n) is 3.40. The van der Waals surface area contributed by atoms with Gasteiger partial charge in [-0.2, -0.15) is 0 Å². The van der Waals surface area contributed by atoms with Crippen molar-refractivity contribution in [3.63, 3.8) is 0 Å². The summed E-state index contributed by atoms with van der Waals surface area (Å²) in [6.07, 6.45) is 12.3. The molecule has 0 aliphatic rings. The van der Waals surface area contributed by atoms with Crippen LogP contribution >= 0.6 is 0 Å². The van der Waals surface area contributed by atoms with Gasteiger partial charge >= 0.3 is 5.97 Å². The summed E-state index contributed by atoms with van der Waals surface area (Å²) in [6.45, 7) is 5.53. The Morgan fingerprint density at radius 3 is 2.00 bits per heavy atom. The van der Waals surface area contributed by atoms with Crippen molar-refractivity contribution >= 4 is 11.9 Å². The molecule has 1 amide bonds. The summed E-state index contributed by atoms with van der Waals surface area (Å²) >= 11 is 0. The second-order valence-electron chi connectivity index (χ2n) is 5.22. The van der Waals surface area contributed by atoms with Crippen LogP contribution in [0.15, 0.2) is 12.7 Å². The van der Waals surface area contributed by atoms with Gasteiger partial charge in [-0.1, -0.05) is 71.3 Å². The predicted molar refractivity (Wildman–Crippen MR) is 81.6 cm³/mol. The Morgan fingerprint density at radius 2 is 1.55 bits per heavy atom. The largest absolute Gasteiger partial charge is 0.480 e. The summed E-state index contributed by atoms with van der Waals surface area (Å²) in [5.41, 5.74) is 0. The molecular weight excluding hydrogens is 254 g/mol. The van der Waals surface area contributed by atoms with Crippen molar-refractivity contribution < 1.29 is 14.7 Å². The highest BCUT2D eigenvalue weighted by atomic mass is 16.4. The molecule has 0 saturated carbocycles. The third-order valence-corrected chi connectivity index (χ3v) is 3.40. The number of hydrogen-bond acceptors (Lipinski definition) is 2. The van der Waals surface area contributed by atoms with E-state index in [-0.39, 0.29) is 0 Å². The molecular formula is C16H29NO3. The summed E-state index contributed by atoms with van der Waals surface area (Å²) in [7, 11) is 0. The molecule has 0 bridgehead atoms. The van der Waals surface area contributed by atoms with Crippen LogP contribution in [0.1, 0.15) is 71.1 Å². The predicted octanol–water partition coefficient (Wildman–Crippen LogP) is 3.66. The lowest BCUT2D eigenvalue weighted by molar-refractivity contribution is -0.141. The molecule has 0 rings (SSSR count). The number of unbranched alkanes of at least 4 members (excludes halogenated alkanes) is 8. The number of carboxylic acid groups (broad SMARTS) is 1. The van der Waals surface area contributed by atoms with Gasteiger partial charge in [-0.25, -0.2) is 4.79 Å². The highest BCUT2D eigenvalue weighted by Gasteiger charge is 2.17. The molecule has 0 radical (unpaired) electrons. The second-order valence-corrected chi connectivity index (χ2v) is 5.22. The zero-order valence-electron chi connectivity index (χ0n) is 12.7. The van der Waals surface area contributed by atoms with E-state index in [0.717, 1.165) is 25.3 Å². The van der Waals surface area contributed by atoms with Gasteiger partial charge in [0.2, 0.25) is 5.91 Å². The molecule has 0 aromatic rings. The zero-order valence-corrected chi connectivity index (χ0v) is 12.7. The minimum absolute atomic E-state index is 0.423. The van der Waals surface area contributed by atoms with Crippen LogP contribution in [0.3, 0.4) is 0 Å². The molecule has 0 aliphatic carbocycles. The van der Waals surface area contributed by atoms with E-state index in [1.54, 1.807) is 0 Å². The monoisotopic (exact) mass is 283 g/mol. The van der Waals surface area contributed by atoms with Gasteiger partial charge in [-0.3, -0.25) is 4.79 Å². The SMILES string of the molecule is C=CC(=O)NC(CCCCCCCCCCC)C(=O)O. The number of amides is 1. The lowest BCUT2D eigenvalue weighted by atomic mass is 10.0. The van der Waals surface area contributed by atoms with Crippen molar-refractivity contribution in [2.45, 2.75) is 77.2 Å². The molecule has 0 fully saturated rings. The fraction of sp³-hybridized carbons (Fsp3) is 0.750. The Hall–Kier alpha value is -1.32. The number of carbonyl (C=O) groups excluding carboxylic acids is 1. The number of aliphatic carboxylic acids is 1. The normalized spacial score (nSPS) is 11.8. The first-order chi connectivity index (χ1) is 9.61. The van der Waals surface area contributed by atoms with Gasteiger partial charge in [0.05, 0.1) is 0 Å². The molecule has 0 saturated heterocycles. The van der Waals surface area contributed by atoms with Crippen molar-refractivity contribution in [3.8, 4) is 0 Å². The van der Waals surface area contributed by atoms with Crippen LogP contribution in [0.4, 0.5) is 0 Å². The van der Waals surface area contributed by atoms with E-state index in [1.807, 2.05) is 0 Å².